The van der Waals surface area contributed by atoms with Crippen LogP contribution in [0.25, 0.3) is 6.08 Å². The van der Waals surface area contributed by atoms with Gasteiger partial charge in [-0.05, 0) is 23.6 Å². The summed E-state index contributed by atoms with van der Waals surface area (Å²) in [6.07, 6.45) is 4.52. The summed E-state index contributed by atoms with van der Waals surface area (Å²) in [5.41, 5.74) is 4.19. The molecule has 0 amide bonds. The molecule has 1 heteroatoms. The largest absolute Gasteiger partial charge is 0.388 e. The summed E-state index contributed by atoms with van der Waals surface area (Å²) < 4.78 is 0. The smallest absolute Gasteiger partial charge is 0.0157 e. The summed E-state index contributed by atoms with van der Waals surface area (Å²) >= 11 is 0. The van der Waals surface area contributed by atoms with Crippen molar-refractivity contribution >= 4 is 6.08 Å². The normalized spacial score (nSPS) is 13.8. The maximum Gasteiger partial charge on any atom is 0.0157 e. The van der Waals surface area contributed by atoms with Crippen LogP contribution in [0.3, 0.4) is 0 Å². The lowest BCUT2D eigenvalue weighted by molar-refractivity contribution is 0.759. The third-order valence-electron chi connectivity index (χ3n) is 2.37. The summed E-state index contributed by atoms with van der Waals surface area (Å²) in [6, 6.07) is 8.58. The molecule has 68 valence electrons. The summed E-state index contributed by atoms with van der Waals surface area (Å²) in [4.78, 5) is 0. The molecule has 1 aromatic carbocycles. The number of hydrogen-bond donors (Lipinski definition) is 1. The molecule has 0 atom stereocenters. The SMILES string of the molecule is CCCNC1=Cc2ccccc2C1. The van der Waals surface area contributed by atoms with Crippen molar-refractivity contribution in [3.63, 3.8) is 0 Å². The minimum absolute atomic E-state index is 1.08. The summed E-state index contributed by atoms with van der Waals surface area (Å²) in [6.45, 7) is 3.27. The van der Waals surface area contributed by atoms with Gasteiger partial charge < -0.3 is 5.32 Å². The van der Waals surface area contributed by atoms with Crippen molar-refractivity contribution < 1.29 is 0 Å². The molecule has 0 radical (unpaired) electrons. The van der Waals surface area contributed by atoms with E-state index < -0.39 is 0 Å². The monoisotopic (exact) mass is 173 g/mol. The molecule has 1 N–H and O–H groups in total. The van der Waals surface area contributed by atoms with E-state index in [1.54, 1.807) is 0 Å². The Kier molecular flexibility index (Phi) is 2.35. The fourth-order valence-corrected chi connectivity index (χ4v) is 1.68. The molecule has 0 unspecified atom stereocenters. The van der Waals surface area contributed by atoms with Crippen LogP contribution in [0.5, 0.6) is 0 Å². The van der Waals surface area contributed by atoms with Crippen molar-refractivity contribution in [3.8, 4) is 0 Å². The van der Waals surface area contributed by atoms with Crippen LogP contribution < -0.4 is 5.32 Å². The highest BCUT2D eigenvalue weighted by atomic mass is 14.9. The molecular weight excluding hydrogens is 158 g/mol. The molecule has 0 bridgehead atoms. The van der Waals surface area contributed by atoms with E-state index in [1.807, 2.05) is 0 Å². The highest BCUT2D eigenvalue weighted by molar-refractivity contribution is 5.62. The van der Waals surface area contributed by atoms with Crippen molar-refractivity contribution in [3.05, 3.63) is 41.1 Å². The van der Waals surface area contributed by atoms with Crippen molar-refractivity contribution in [1.82, 2.24) is 5.32 Å². The Morgan fingerprint density at radius 1 is 1.31 bits per heavy atom. The van der Waals surface area contributed by atoms with Crippen LogP contribution in [0, 0.1) is 0 Å². The Morgan fingerprint density at radius 3 is 2.92 bits per heavy atom. The Hall–Kier alpha value is -1.24. The molecule has 13 heavy (non-hydrogen) atoms. The Bertz CT molecular complexity index is 326. The maximum atomic E-state index is 3.44. The lowest BCUT2D eigenvalue weighted by atomic mass is 10.1. The summed E-state index contributed by atoms with van der Waals surface area (Å²) in [7, 11) is 0. The second-order valence-electron chi connectivity index (χ2n) is 3.47. The molecule has 0 spiro atoms. The minimum atomic E-state index is 1.08. The van der Waals surface area contributed by atoms with Crippen molar-refractivity contribution in [2.45, 2.75) is 19.8 Å². The van der Waals surface area contributed by atoms with E-state index in [-0.39, 0.29) is 0 Å². The molecule has 1 aromatic rings. The fraction of sp³-hybridized carbons (Fsp3) is 0.333. The first-order valence-corrected chi connectivity index (χ1v) is 4.92. The highest BCUT2D eigenvalue weighted by Gasteiger charge is 2.10. The second kappa shape index (κ2) is 3.65. The molecular formula is C12H15N. The number of benzene rings is 1. The summed E-state index contributed by atoms with van der Waals surface area (Å²) in [5.74, 6) is 0. The molecule has 2 rings (SSSR count). The lowest BCUT2D eigenvalue weighted by Gasteiger charge is -2.03. The number of nitrogens with one attached hydrogen (secondary N) is 1. The zero-order valence-corrected chi connectivity index (χ0v) is 8.01. The Labute approximate surface area is 79.5 Å². The topological polar surface area (TPSA) is 12.0 Å². The van der Waals surface area contributed by atoms with Gasteiger partial charge in [-0.2, -0.15) is 0 Å². The molecule has 0 saturated carbocycles. The number of rotatable bonds is 3. The van der Waals surface area contributed by atoms with Gasteiger partial charge in [0, 0.05) is 18.7 Å². The van der Waals surface area contributed by atoms with E-state index in [9.17, 15) is 0 Å². The van der Waals surface area contributed by atoms with Crippen molar-refractivity contribution in [2.75, 3.05) is 6.54 Å². The number of hydrogen-bond acceptors (Lipinski definition) is 1. The molecule has 1 aliphatic carbocycles. The van der Waals surface area contributed by atoms with Crippen molar-refractivity contribution in [2.24, 2.45) is 0 Å². The number of allylic oxidation sites excluding steroid dienone is 1. The van der Waals surface area contributed by atoms with E-state index >= 15 is 0 Å². The zero-order chi connectivity index (χ0) is 9.10. The van der Waals surface area contributed by atoms with Gasteiger partial charge in [0.15, 0.2) is 0 Å². The average molecular weight is 173 g/mol. The van der Waals surface area contributed by atoms with E-state index in [1.165, 1.54) is 23.2 Å². The first kappa shape index (κ1) is 8.36. The molecule has 0 fully saturated rings. The van der Waals surface area contributed by atoms with Gasteiger partial charge >= 0.3 is 0 Å². The van der Waals surface area contributed by atoms with E-state index in [4.69, 9.17) is 0 Å². The van der Waals surface area contributed by atoms with E-state index in [0.29, 0.717) is 0 Å². The zero-order valence-electron chi connectivity index (χ0n) is 8.01. The van der Waals surface area contributed by atoms with Gasteiger partial charge in [0.05, 0.1) is 0 Å². The van der Waals surface area contributed by atoms with Crippen LogP contribution in [0.2, 0.25) is 0 Å². The van der Waals surface area contributed by atoms with Gasteiger partial charge in [0.25, 0.3) is 0 Å². The van der Waals surface area contributed by atoms with Crippen LogP contribution in [0.15, 0.2) is 30.0 Å². The lowest BCUT2D eigenvalue weighted by Crippen LogP contribution is -2.13. The standard InChI is InChI=1S/C12H15N/c1-2-7-13-12-8-10-5-3-4-6-11(10)9-12/h3-6,8,13H,2,7,9H2,1H3. The van der Waals surface area contributed by atoms with E-state index in [2.05, 4.69) is 42.6 Å². The molecule has 1 nitrogen and oxygen atoms in total. The molecule has 1 aliphatic rings. The second-order valence-corrected chi connectivity index (χ2v) is 3.47. The van der Waals surface area contributed by atoms with Gasteiger partial charge in [-0.25, -0.2) is 0 Å². The Balaban J connectivity index is 2.08. The molecule has 0 heterocycles. The van der Waals surface area contributed by atoms with Gasteiger partial charge in [-0.1, -0.05) is 31.2 Å². The van der Waals surface area contributed by atoms with Crippen LogP contribution in [-0.2, 0) is 6.42 Å². The predicted octanol–water partition coefficient (Wildman–Crippen LogP) is 2.58. The summed E-state index contributed by atoms with van der Waals surface area (Å²) in [5, 5.41) is 3.44. The van der Waals surface area contributed by atoms with Crippen LogP contribution in [0.1, 0.15) is 24.5 Å². The van der Waals surface area contributed by atoms with Gasteiger partial charge in [-0.15, -0.1) is 0 Å². The van der Waals surface area contributed by atoms with Crippen LogP contribution in [0.4, 0.5) is 0 Å². The fourth-order valence-electron chi connectivity index (χ4n) is 1.68. The first-order chi connectivity index (χ1) is 6.40. The molecule has 0 aromatic heterocycles. The van der Waals surface area contributed by atoms with Crippen LogP contribution in [-0.4, -0.2) is 6.54 Å². The van der Waals surface area contributed by atoms with Gasteiger partial charge in [-0.3, -0.25) is 0 Å². The van der Waals surface area contributed by atoms with Gasteiger partial charge in [0.1, 0.15) is 0 Å². The van der Waals surface area contributed by atoms with Gasteiger partial charge in [0.2, 0.25) is 0 Å². The third kappa shape index (κ3) is 1.74. The minimum Gasteiger partial charge on any atom is -0.388 e. The van der Waals surface area contributed by atoms with E-state index in [0.717, 1.165) is 13.0 Å². The molecule has 0 saturated heterocycles. The maximum absolute atomic E-state index is 3.44. The number of fused-ring (bicyclic) bond motifs is 1. The highest BCUT2D eigenvalue weighted by Crippen LogP contribution is 2.22. The average Bonchev–Trinajstić information content (AvgIpc) is 2.57. The Morgan fingerprint density at radius 2 is 2.15 bits per heavy atom. The first-order valence-electron chi connectivity index (χ1n) is 4.92. The quantitative estimate of drug-likeness (QED) is 0.740. The predicted molar refractivity (Wildman–Crippen MR) is 56.4 cm³/mol. The third-order valence-corrected chi connectivity index (χ3v) is 2.37. The van der Waals surface area contributed by atoms with Crippen LogP contribution >= 0.6 is 0 Å². The van der Waals surface area contributed by atoms with Crippen molar-refractivity contribution in [1.29, 1.82) is 0 Å². The molecule has 0 aliphatic heterocycles.